The van der Waals surface area contributed by atoms with Crippen molar-refractivity contribution in [2.45, 2.75) is 10.9 Å². The second kappa shape index (κ2) is 5.91. The van der Waals surface area contributed by atoms with Crippen LogP contribution in [0.4, 0.5) is 5.69 Å². The number of anilines is 1. The number of para-hydroxylation sites is 1. The highest BCUT2D eigenvalue weighted by Crippen LogP contribution is 2.21. The molecule has 1 fully saturated rings. The number of nitrogens with one attached hydrogen (secondary N) is 3. The lowest BCUT2D eigenvalue weighted by atomic mass is 10.2. The van der Waals surface area contributed by atoms with Gasteiger partial charge in [-0.1, -0.05) is 12.1 Å². The first-order chi connectivity index (χ1) is 9.04. The van der Waals surface area contributed by atoms with Crippen molar-refractivity contribution in [3.05, 3.63) is 24.3 Å². The molecule has 1 aliphatic heterocycles. The van der Waals surface area contributed by atoms with Gasteiger partial charge in [0.15, 0.2) is 0 Å². The summed E-state index contributed by atoms with van der Waals surface area (Å²) in [5, 5.41) is 5.69. The van der Waals surface area contributed by atoms with E-state index in [4.69, 9.17) is 0 Å². The molecule has 1 amide bonds. The first-order valence-corrected chi connectivity index (χ1v) is 8.33. The summed E-state index contributed by atoms with van der Waals surface area (Å²) >= 11 is 1.63. The quantitative estimate of drug-likeness (QED) is 0.739. The molecular formula is C11H15N3O3S2. The van der Waals surface area contributed by atoms with Gasteiger partial charge in [0.05, 0.1) is 11.7 Å². The third-order valence-electron chi connectivity index (χ3n) is 2.74. The first-order valence-electron chi connectivity index (χ1n) is 5.69. The van der Waals surface area contributed by atoms with Crippen LogP contribution in [0.1, 0.15) is 0 Å². The number of hydrogen-bond acceptors (Lipinski definition) is 5. The molecule has 1 heterocycles. The number of amides is 1. The van der Waals surface area contributed by atoms with Gasteiger partial charge < -0.3 is 5.32 Å². The number of rotatable bonds is 4. The van der Waals surface area contributed by atoms with Gasteiger partial charge in [-0.25, -0.2) is 13.1 Å². The number of carbonyl (C=O) groups excluding carboxylic acids is 1. The molecule has 1 aromatic carbocycles. The normalized spacial score (nSPS) is 19.3. The van der Waals surface area contributed by atoms with Crippen molar-refractivity contribution in [1.82, 2.24) is 10.0 Å². The smallest absolute Gasteiger partial charge is 0.242 e. The van der Waals surface area contributed by atoms with Gasteiger partial charge in [-0.15, -0.1) is 11.8 Å². The van der Waals surface area contributed by atoms with E-state index in [9.17, 15) is 13.2 Å². The van der Waals surface area contributed by atoms with Crippen molar-refractivity contribution < 1.29 is 13.2 Å². The largest absolute Gasteiger partial charge is 0.323 e. The Kier molecular flexibility index (Phi) is 4.46. The maximum absolute atomic E-state index is 12.0. The van der Waals surface area contributed by atoms with Crippen LogP contribution in [0.25, 0.3) is 0 Å². The average Bonchev–Trinajstić information content (AvgIpc) is 2.93. The van der Waals surface area contributed by atoms with Gasteiger partial charge in [0.25, 0.3) is 0 Å². The van der Waals surface area contributed by atoms with Crippen LogP contribution in [-0.4, -0.2) is 39.0 Å². The van der Waals surface area contributed by atoms with E-state index in [2.05, 4.69) is 15.4 Å². The molecule has 6 nitrogen and oxygen atoms in total. The molecule has 0 aliphatic carbocycles. The van der Waals surface area contributed by atoms with E-state index in [-0.39, 0.29) is 16.8 Å². The Balaban J connectivity index is 2.23. The van der Waals surface area contributed by atoms with E-state index in [1.165, 1.54) is 13.1 Å². The van der Waals surface area contributed by atoms with Crippen molar-refractivity contribution in [2.24, 2.45) is 0 Å². The molecule has 1 unspecified atom stereocenters. The molecular weight excluding hydrogens is 286 g/mol. The third-order valence-corrected chi connectivity index (χ3v) is 5.15. The van der Waals surface area contributed by atoms with Crippen molar-refractivity contribution in [1.29, 1.82) is 0 Å². The van der Waals surface area contributed by atoms with Crippen molar-refractivity contribution >= 4 is 33.4 Å². The molecule has 1 saturated heterocycles. The zero-order valence-corrected chi connectivity index (χ0v) is 12.0. The summed E-state index contributed by atoms with van der Waals surface area (Å²) in [5.74, 6) is 1.20. The molecule has 0 aromatic heterocycles. The second-order valence-corrected chi connectivity index (χ2v) is 6.85. The van der Waals surface area contributed by atoms with E-state index in [1.807, 2.05) is 0 Å². The number of sulfonamides is 1. The molecule has 0 radical (unpaired) electrons. The van der Waals surface area contributed by atoms with E-state index in [1.54, 1.807) is 30.0 Å². The Labute approximate surface area is 116 Å². The Hall–Kier alpha value is -1.09. The van der Waals surface area contributed by atoms with E-state index >= 15 is 0 Å². The van der Waals surface area contributed by atoms with Crippen LogP contribution in [0.15, 0.2) is 29.2 Å². The topological polar surface area (TPSA) is 87.3 Å². The fourth-order valence-corrected chi connectivity index (χ4v) is 3.53. The second-order valence-electron chi connectivity index (χ2n) is 3.96. The fraction of sp³-hybridized carbons (Fsp3) is 0.364. The molecule has 1 aliphatic rings. The Morgan fingerprint density at radius 3 is 2.79 bits per heavy atom. The molecule has 19 heavy (non-hydrogen) atoms. The monoisotopic (exact) mass is 301 g/mol. The molecule has 0 spiro atoms. The summed E-state index contributed by atoms with van der Waals surface area (Å²) < 4.78 is 25.9. The maximum atomic E-state index is 12.0. The zero-order valence-electron chi connectivity index (χ0n) is 10.3. The van der Waals surface area contributed by atoms with Crippen molar-refractivity contribution in [3.63, 3.8) is 0 Å². The highest BCUT2D eigenvalue weighted by atomic mass is 32.2. The van der Waals surface area contributed by atoms with E-state index < -0.39 is 10.0 Å². The summed E-state index contributed by atoms with van der Waals surface area (Å²) in [7, 11) is -2.25. The van der Waals surface area contributed by atoms with Gasteiger partial charge in [0, 0.05) is 11.6 Å². The lowest BCUT2D eigenvalue weighted by molar-refractivity contribution is -0.117. The minimum absolute atomic E-state index is 0.0662. The van der Waals surface area contributed by atoms with Crippen LogP contribution < -0.4 is 15.4 Å². The highest BCUT2D eigenvalue weighted by Gasteiger charge is 2.24. The Morgan fingerprint density at radius 1 is 1.42 bits per heavy atom. The molecule has 104 valence electrons. The number of benzene rings is 1. The Bertz CT molecular complexity index is 568. The number of thioether (sulfide) groups is 1. The van der Waals surface area contributed by atoms with Gasteiger partial charge >= 0.3 is 0 Å². The van der Waals surface area contributed by atoms with Crippen LogP contribution in [0.2, 0.25) is 0 Å². The van der Waals surface area contributed by atoms with Gasteiger partial charge in [-0.2, -0.15) is 0 Å². The summed E-state index contributed by atoms with van der Waals surface area (Å²) in [5.41, 5.74) is 0.292. The maximum Gasteiger partial charge on any atom is 0.242 e. The zero-order chi connectivity index (χ0) is 13.9. The average molecular weight is 301 g/mol. The minimum Gasteiger partial charge on any atom is -0.323 e. The summed E-state index contributed by atoms with van der Waals surface area (Å²) in [4.78, 5) is 12.0. The van der Waals surface area contributed by atoms with Crippen molar-refractivity contribution in [2.75, 3.05) is 24.0 Å². The molecule has 1 aromatic rings. The molecule has 0 bridgehead atoms. The third kappa shape index (κ3) is 3.27. The van der Waals surface area contributed by atoms with Gasteiger partial charge in [0.2, 0.25) is 15.9 Å². The van der Waals surface area contributed by atoms with Crippen LogP contribution >= 0.6 is 11.8 Å². The first kappa shape index (κ1) is 14.3. The van der Waals surface area contributed by atoms with E-state index in [0.29, 0.717) is 11.4 Å². The predicted molar refractivity (Wildman–Crippen MR) is 75.6 cm³/mol. The van der Waals surface area contributed by atoms with Crippen molar-refractivity contribution in [3.8, 4) is 0 Å². The van der Waals surface area contributed by atoms with Crippen LogP contribution in [0, 0.1) is 0 Å². The molecule has 1 atom stereocenters. The highest BCUT2D eigenvalue weighted by molar-refractivity contribution is 7.99. The fourth-order valence-electron chi connectivity index (χ4n) is 1.70. The van der Waals surface area contributed by atoms with Crippen LogP contribution in [0.5, 0.6) is 0 Å². The summed E-state index contributed by atoms with van der Waals surface area (Å²) in [6, 6.07) is 6.04. The standard InChI is InChI=1S/C11H15N3O3S2/c1-12-19(16,17)10-5-3-2-4-8(10)14-11(15)9-6-18-7-13-9/h2-5,9,12-13H,6-7H2,1H3,(H,14,15). The lowest BCUT2D eigenvalue weighted by Gasteiger charge is -2.13. The minimum atomic E-state index is -3.59. The van der Waals surface area contributed by atoms with Gasteiger partial charge in [-0.05, 0) is 19.2 Å². The Morgan fingerprint density at radius 2 is 2.16 bits per heavy atom. The van der Waals surface area contributed by atoms with Crippen LogP contribution in [0.3, 0.4) is 0 Å². The van der Waals surface area contributed by atoms with Crippen LogP contribution in [-0.2, 0) is 14.8 Å². The molecule has 0 saturated carbocycles. The SMILES string of the molecule is CNS(=O)(=O)c1ccccc1NC(=O)C1CSCN1. The molecule has 2 rings (SSSR count). The molecule has 8 heteroatoms. The summed E-state index contributed by atoms with van der Waals surface area (Å²) in [6.45, 7) is 0. The summed E-state index contributed by atoms with van der Waals surface area (Å²) in [6.07, 6.45) is 0. The lowest BCUT2D eigenvalue weighted by Crippen LogP contribution is -2.37. The number of carbonyl (C=O) groups is 1. The van der Waals surface area contributed by atoms with Gasteiger partial charge in [0.1, 0.15) is 4.90 Å². The van der Waals surface area contributed by atoms with E-state index in [0.717, 1.165) is 5.88 Å². The molecule has 3 N–H and O–H groups in total. The van der Waals surface area contributed by atoms with Gasteiger partial charge in [-0.3, -0.25) is 10.1 Å². The predicted octanol–water partition coefficient (Wildman–Crippen LogP) is 0.196. The number of hydrogen-bond donors (Lipinski definition) is 3.